The van der Waals surface area contributed by atoms with E-state index < -0.39 is 15.9 Å². The van der Waals surface area contributed by atoms with Crippen molar-refractivity contribution in [2.75, 3.05) is 13.7 Å². The van der Waals surface area contributed by atoms with Crippen molar-refractivity contribution < 1.29 is 17.9 Å². The van der Waals surface area contributed by atoms with E-state index in [4.69, 9.17) is 4.74 Å². The minimum Gasteiger partial charge on any atom is -0.497 e. The monoisotopic (exact) mass is 345 g/mol. The van der Waals surface area contributed by atoms with E-state index in [1.807, 2.05) is 19.1 Å². The smallest absolute Gasteiger partial charge is 0.266 e. The van der Waals surface area contributed by atoms with Crippen LogP contribution in [-0.4, -0.2) is 32.3 Å². The highest BCUT2D eigenvalue weighted by Gasteiger charge is 2.40. The van der Waals surface area contributed by atoms with Gasteiger partial charge in [-0.1, -0.05) is 29.8 Å². The number of rotatable bonds is 4. The summed E-state index contributed by atoms with van der Waals surface area (Å²) < 4.78 is 31.5. The Balaban J connectivity index is 1.86. The van der Waals surface area contributed by atoms with Gasteiger partial charge >= 0.3 is 0 Å². The Bertz CT molecular complexity index is 842. The molecule has 0 aromatic heterocycles. The average Bonchev–Trinajstić information content (AvgIpc) is 2.97. The quantitative estimate of drug-likeness (QED) is 0.855. The third kappa shape index (κ3) is 2.89. The third-order valence-electron chi connectivity index (χ3n) is 4.29. The molecular weight excluding hydrogens is 326 g/mol. The summed E-state index contributed by atoms with van der Waals surface area (Å²) in [6.07, 6.45) is 0.482. The van der Waals surface area contributed by atoms with Crippen LogP contribution in [0.25, 0.3) is 0 Å². The van der Waals surface area contributed by atoms with Crippen LogP contribution in [0.2, 0.25) is 0 Å². The van der Waals surface area contributed by atoms with E-state index in [2.05, 4.69) is 0 Å². The van der Waals surface area contributed by atoms with Gasteiger partial charge < -0.3 is 4.74 Å². The summed E-state index contributed by atoms with van der Waals surface area (Å²) in [6, 6.07) is 13.7. The number of hydrogen-bond donors (Lipinski definition) is 0. The second-order valence-electron chi connectivity index (χ2n) is 5.84. The number of aryl methyl sites for hydroxylation is 1. The Morgan fingerprint density at radius 3 is 2.25 bits per heavy atom. The van der Waals surface area contributed by atoms with Crippen molar-refractivity contribution in [1.82, 2.24) is 4.31 Å². The van der Waals surface area contributed by atoms with E-state index in [1.165, 1.54) is 0 Å². The lowest BCUT2D eigenvalue weighted by Gasteiger charge is -2.17. The molecule has 0 saturated carbocycles. The number of carbonyl (C=O) groups is 1. The van der Waals surface area contributed by atoms with Gasteiger partial charge in [-0.05, 0) is 43.2 Å². The largest absolute Gasteiger partial charge is 0.497 e. The Labute approximate surface area is 141 Å². The molecule has 5 nitrogen and oxygen atoms in total. The van der Waals surface area contributed by atoms with Gasteiger partial charge in [-0.25, -0.2) is 12.7 Å². The van der Waals surface area contributed by atoms with Crippen LogP contribution < -0.4 is 4.74 Å². The average molecular weight is 345 g/mol. The van der Waals surface area contributed by atoms with Gasteiger partial charge in [0.2, 0.25) is 5.91 Å². The molecule has 1 atom stereocenters. The van der Waals surface area contributed by atoms with Crippen LogP contribution >= 0.6 is 0 Å². The molecule has 0 spiro atoms. The van der Waals surface area contributed by atoms with Crippen molar-refractivity contribution in [2.24, 2.45) is 0 Å². The number of sulfonamides is 1. The Kier molecular flexibility index (Phi) is 4.32. The molecule has 1 amide bonds. The van der Waals surface area contributed by atoms with Gasteiger partial charge in [0, 0.05) is 6.54 Å². The van der Waals surface area contributed by atoms with E-state index in [9.17, 15) is 13.2 Å². The van der Waals surface area contributed by atoms with Crippen molar-refractivity contribution in [2.45, 2.75) is 24.2 Å². The van der Waals surface area contributed by atoms with Crippen LogP contribution in [0.5, 0.6) is 5.75 Å². The number of benzene rings is 2. The number of amides is 1. The molecule has 1 fully saturated rings. The molecule has 3 rings (SSSR count). The first-order valence-corrected chi connectivity index (χ1v) is 9.14. The van der Waals surface area contributed by atoms with Gasteiger partial charge in [0.05, 0.1) is 17.9 Å². The summed E-state index contributed by atoms with van der Waals surface area (Å²) in [6.45, 7) is 2.09. The highest BCUT2D eigenvalue weighted by molar-refractivity contribution is 7.89. The number of nitrogens with zero attached hydrogens (tertiary/aromatic N) is 1. The van der Waals surface area contributed by atoms with E-state index in [-0.39, 0.29) is 17.3 Å². The zero-order chi connectivity index (χ0) is 17.3. The van der Waals surface area contributed by atoms with Gasteiger partial charge in [0.25, 0.3) is 10.0 Å². The predicted molar refractivity (Wildman–Crippen MR) is 90.4 cm³/mol. The van der Waals surface area contributed by atoms with Crippen LogP contribution in [-0.2, 0) is 14.8 Å². The molecule has 2 aromatic rings. The molecule has 0 aliphatic carbocycles. The molecule has 0 bridgehead atoms. The fourth-order valence-corrected chi connectivity index (χ4v) is 4.32. The van der Waals surface area contributed by atoms with Crippen molar-refractivity contribution in [1.29, 1.82) is 0 Å². The SMILES string of the molecule is COc1ccc(C2CCN(S(=O)(=O)c3ccc(C)cc3)C2=O)cc1. The van der Waals surface area contributed by atoms with Crippen LogP contribution in [0.15, 0.2) is 53.4 Å². The maximum atomic E-state index is 12.7. The molecular formula is C18H19NO4S. The molecule has 1 aliphatic heterocycles. The van der Waals surface area contributed by atoms with Crippen LogP contribution in [0.4, 0.5) is 0 Å². The maximum absolute atomic E-state index is 12.7. The van der Waals surface area contributed by atoms with Crippen LogP contribution in [0.1, 0.15) is 23.5 Å². The van der Waals surface area contributed by atoms with Gasteiger partial charge in [-0.3, -0.25) is 4.79 Å². The minimum atomic E-state index is -3.80. The van der Waals surface area contributed by atoms with Crippen molar-refractivity contribution in [3.63, 3.8) is 0 Å². The Morgan fingerprint density at radius 2 is 1.67 bits per heavy atom. The first-order chi connectivity index (χ1) is 11.4. The Hall–Kier alpha value is -2.34. The summed E-state index contributed by atoms with van der Waals surface area (Å²) in [5.41, 5.74) is 1.78. The third-order valence-corrected chi connectivity index (χ3v) is 6.10. The summed E-state index contributed by atoms with van der Waals surface area (Å²) in [5, 5.41) is 0. The molecule has 0 radical (unpaired) electrons. The molecule has 6 heteroatoms. The zero-order valence-electron chi connectivity index (χ0n) is 13.6. The molecule has 1 unspecified atom stereocenters. The summed E-state index contributed by atoms with van der Waals surface area (Å²) in [4.78, 5) is 12.8. The number of carbonyl (C=O) groups excluding carboxylic acids is 1. The fraction of sp³-hybridized carbons (Fsp3) is 0.278. The summed E-state index contributed by atoms with van der Waals surface area (Å²) in [5.74, 6) is -0.106. The van der Waals surface area contributed by atoms with Gasteiger partial charge in [-0.2, -0.15) is 0 Å². The normalized spacial score (nSPS) is 18.0. The van der Waals surface area contributed by atoms with E-state index in [0.717, 1.165) is 15.4 Å². The van der Waals surface area contributed by atoms with E-state index in [0.29, 0.717) is 12.2 Å². The number of hydrogen-bond acceptors (Lipinski definition) is 4. The number of methoxy groups -OCH3 is 1. The minimum absolute atomic E-state index is 0.150. The maximum Gasteiger partial charge on any atom is 0.266 e. The second-order valence-corrected chi connectivity index (χ2v) is 7.71. The summed E-state index contributed by atoms with van der Waals surface area (Å²) in [7, 11) is -2.22. The fourth-order valence-electron chi connectivity index (χ4n) is 2.88. The molecule has 1 aliphatic rings. The molecule has 24 heavy (non-hydrogen) atoms. The summed E-state index contributed by atoms with van der Waals surface area (Å²) >= 11 is 0. The first-order valence-electron chi connectivity index (χ1n) is 7.70. The number of ether oxygens (including phenoxy) is 1. The van der Waals surface area contributed by atoms with Crippen LogP contribution in [0, 0.1) is 6.92 Å². The second kappa shape index (κ2) is 6.28. The zero-order valence-corrected chi connectivity index (χ0v) is 14.4. The van der Waals surface area contributed by atoms with Crippen molar-refractivity contribution in [3.8, 4) is 5.75 Å². The van der Waals surface area contributed by atoms with Gasteiger partial charge in [0.1, 0.15) is 5.75 Å². The first kappa shape index (κ1) is 16.5. The molecule has 0 N–H and O–H groups in total. The lowest BCUT2D eigenvalue weighted by atomic mass is 9.98. The van der Waals surface area contributed by atoms with Crippen molar-refractivity contribution >= 4 is 15.9 Å². The van der Waals surface area contributed by atoms with Crippen molar-refractivity contribution in [3.05, 3.63) is 59.7 Å². The van der Waals surface area contributed by atoms with E-state index >= 15 is 0 Å². The lowest BCUT2D eigenvalue weighted by molar-refractivity contribution is -0.124. The lowest BCUT2D eigenvalue weighted by Crippen LogP contribution is -2.33. The predicted octanol–water partition coefficient (Wildman–Crippen LogP) is 2.71. The molecule has 2 aromatic carbocycles. The van der Waals surface area contributed by atoms with E-state index in [1.54, 1.807) is 43.5 Å². The van der Waals surface area contributed by atoms with Gasteiger partial charge in [0.15, 0.2) is 0 Å². The highest BCUT2D eigenvalue weighted by atomic mass is 32.2. The topological polar surface area (TPSA) is 63.7 Å². The highest BCUT2D eigenvalue weighted by Crippen LogP contribution is 2.33. The van der Waals surface area contributed by atoms with Gasteiger partial charge in [-0.15, -0.1) is 0 Å². The molecule has 126 valence electrons. The standard InChI is InChI=1S/C18H19NO4S/c1-13-3-9-16(10-4-13)24(21,22)19-12-11-17(18(19)20)14-5-7-15(23-2)8-6-14/h3-10,17H,11-12H2,1-2H3. The molecule has 1 saturated heterocycles. The molecule has 1 heterocycles. The van der Waals surface area contributed by atoms with Crippen LogP contribution in [0.3, 0.4) is 0 Å². The Morgan fingerprint density at radius 1 is 1.04 bits per heavy atom.